The van der Waals surface area contributed by atoms with Crippen molar-refractivity contribution in [1.82, 2.24) is 0 Å². The van der Waals surface area contributed by atoms with E-state index >= 15 is 0 Å². The quantitative estimate of drug-likeness (QED) is 0.882. The van der Waals surface area contributed by atoms with E-state index in [-0.39, 0.29) is 17.1 Å². The molecule has 0 bridgehead atoms. The normalized spacial score (nSPS) is 13.4. The average molecular weight is 309 g/mol. The van der Waals surface area contributed by atoms with Crippen LogP contribution in [0.25, 0.3) is 5.57 Å². The van der Waals surface area contributed by atoms with Crippen molar-refractivity contribution in [2.75, 3.05) is 20.0 Å². The van der Waals surface area contributed by atoms with E-state index in [1.165, 1.54) is 20.3 Å². The van der Waals surface area contributed by atoms with E-state index in [9.17, 15) is 9.59 Å². The molecule has 0 aliphatic heterocycles. The molecule has 116 valence electrons. The van der Waals surface area contributed by atoms with Crippen molar-refractivity contribution >= 4 is 22.8 Å². The topological polar surface area (TPSA) is 78.6 Å². The number of hydrogen-bond donors (Lipinski definition) is 1. The number of benzene rings is 2. The van der Waals surface area contributed by atoms with E-state index in [4.69, 9.17) is 15.2 Å². The van der Waals surface area contributed by atoms with E-state index < -0.39 is 0 Å². The van der Waals surface area contributed by atoms with Gasteiger partial charge in [-0.25, -0.2) is 0 Å². The maximum atomic E-state index is 12.8. The van der Waals surface area contributed by atoms with Gasteiger partial charge in [-0.2, -0.15) is 0 Å². The number of Topliss-reactive ketones (excluding diaryl/α,β-unsaturated/α-hetero) is 1. The lowest BCUT2D eigenvalue weighted by molar-refractivity contribution is 0.100. The summed E-state index contributed by atoms with van der Waals surface area (Å²) in [7, 11) is 2.99. The Kier molecular flexibility index (Phi) is 3.62. The van der Waals surface area contributed by atoms with E-state index in [1.54, 1.807) is 36.4 Å². The Morgan fingerprint density at radius 3 is 2.30 bits per heavy atom. The van der Waals surface area contributed by atoms with Gasteiger partial charge in [0.15, 0.2) is 11.6 Å². The summed E-state index contributed by atoms with van der Waals surface area (Å²) in [5.74, 6) is 0.412. The van der Waals surface area contributed by atoms with Gasteiger partial charge in [0, 0.05) is 34.5 Å². The fourth-order valence-corrected chi connectivity index (χ4v) is 2.68. The van der Waals surface area contributed by atoms with E-state index in [1.807, 2.05) is 0 Å². The molecule has 1 aliphatic carbocycles. The number of nitrogens with two attached hydrogens (primary N) is 1. The lowest BCUT2D eigenvalue weighted by Gasteiger charge is -2.19. The standard InChI is InChI=1S/C18H15NO4/c1-22-10-7-14(19)17(16(8-10)23-2)13-9-15(20)11-5-3-4-6-12(11)18(13)21/h3-9H,19H2,1-2H3. The summed E-state index contributed by atoms with van der Waals surface area (Å²) in [6, 6.07) is 9.95. The number of ether oxygens (including phenoxy) is 2. The molecule has 2 aromatic carbocycles. The van der Waals surface area contributed by atoms with Crippen LogP contribution in [-0.2, 0) is 0 Å². The van der Waals surface area contributed by atoms with Crippen molar-refractivity contribution in [1.29, 1.82) is 0 Å². The number of allylic oxidation sites excluding steroid dienone is 2. The zero-order valence-corrected chi connectivity index (χ0v) is 12.8. The van der Waals surface area contributed by atoms with Gasteiger partial charge in [0.05, 0.1) is 19.8 Å². The van der Waals surface area contributed by atoms with Gasteiger partial charge in [-0.3, -0.25) is 9.59 Å². The van der Waals surface area contributed by atoms with Gasteiger partial charge in [-0.15, -0.1) is 0 Å². The maximum absolute atomic E-state index is 12.8. The Bertz CT molecular complexity index is 852. The smallest absolute Gasteiger partial charge is 0.194 e. The molecule has 2 N–H and O–H groups in total. The number of anilines is 1. The zero-order valence-electron chi connectivity index (χ0n) is 12.8. The van der Waals surface area contributed by atoms with Crippen molar-refractivity contribution < 1.29 is 19.1 Å². The summed E-state index contributed by atoms with van der Waals surface area (Å²) in [5, 5.41) is 0. The molecule has 5 heteroatoms. The molecule has 0 radical (unpaired) electrons. The molecule has 1 aliphatic rings. The highest BCUT2D eigenvalue weighted by atomic mass is 16.5. The highest BCUT2D eigenvalue weighted by Crippen LogP contribution is 2.39. The first kappa shape index (κ1) is 14.8. The van der Waals surface area contributed by atoms with Crippen molar-refractivity contribution in [3.05, 3.63) is 59.2 Å². The lowest BCUT2D eigenvalue weighted by atomic mass is 9.85. The van der Waals surface area contributed by atoms with E-state index in [0.717, 1.165) is 0 Å². The predicted molar refractivity (Wildman–Crippen MR) is 87.0 cm³/mol. The lowest BCUT2D eigenvalue weighted by Crippen LogP contribution is -2.17. The van der Waals surface area contributed by atoms with Crippen LogP contribution in [0.15, 0.2) is 42.5 Å². The molecule has 0 heterocycles. The minimum absolute atomic E-state index is 0.228. The van der Waals surface area contributed by atoms with E-state index in [2.05, 4.69) is 0 Å². The number of hydrogen-bond acceptors (Lipinski definition) is 5. The number of nitrogen functional groups attached to an aromatic ring is 1. The first-order chi connectivity index (χ1) is 11.1. The molecule has 0 atom stereocenters. The van der Waals surface area contributed by atoms with Crippen LogP contribution in [0.3, 0.4) is 0 Å². The highest BCUT2D eigenvalue weighted by molar-refractivity contribution is 6.39. The third-order valence-corrected chi connectivity index (χ3v) is 3.79. The molecule has 3 rings (SSSR count). The Hall–Kier alpha value is -3.08. The predicted octanol–water partition coefficient (Wildman–Crippen LogP) is 2.75. The summed E-state index contributed by atoms with van der Waals surface area (Å²) < 4.78 is 10.5. The average Bonchev–Trinajstić information content (AvgIpc) is 2.57. The third-order valence-electron chi connectivity index (χ3n) is 3.79. The Balaban J connectivity index is 2.21. The zero-order chi connectivity index (χ0) is 16.6. The summed E-state index contributed by atoms with van der Waals surface area (Å²) in [4.78, 5) is 25.1. The van der Waals surface area contributed by atoms with Gasteiger partial charge in [-0.05, 0) is 6.08 Å². The fraction of sp³-hybridized carbons (Fsp3) is 0.111. The van der Waals surface area contributed by atoms with Crippen molar-refractivity contribution in [2.24, 2.45) is 0 Å². The molecular formula is C18H15NO4. The summed E-state index contributed by atoms with van der Waals surface area (Å²) in [6.07, 6.45) is 1.31. The Labute approximate surface area is 133 Å². The first-order valence-corrected chi connectivity index (χ1v) is 6.98. The molecule has 0 spiro atoms. The second-order valence-electron chi connectivity index (χ2n) is 5.09. The van der Waals surface area contributed by atoms with Crippen molar-refractivity contribution in [3.8, 4) is 11.5 Å². The number of methoxy groups -OCH3 is 2. The Morgan fingerprint density at radius 2 is 1.65 bits per heavy atom. The molecule has 0 unspecified atom stereocenters. The largest absolute Gasteiger partial charge is 0.497 e. The molecule has 2 aromatic rings. The van der Waals surface area contributed by atoms with Gasteiger partial charge in [0.1, 0.15) is 11.5 Å². The number of ketones is 2. The van der Waals surface area contributed by atoms with E-state index in [0.29, 0.717) is 33.9 Å². The van der Waals surface area contributed by atoms with Crippen molar-refractivity contribution in [3.63, 3.8) is 0 Å². The Morgan fingerprint density at radius 1 is 0.957 bits per heavy atom. The molecule has 23 heavy (non-hydrogen) atoms. The highest BCUT2D eigenvalue weighted by Gasteiger charge is 2.29. The van der Waals surface area contributed by atoms with Gasteiger partial charge >= 0.3 is 0 Å². The van der Waals surface area contributed by atoms with Gasteiger partial charge in [-0.1, -0.05) is 24.3 Å². The molecule has 0 fully saturated rings. The van der Waals surface area contributed by atoms with Crippen LogP contribution in [0.1, 0.15) is 26.3 Å². The van der Waals surface area contributed by atoms with Gasteiger partial charge in [0.25, 0.3) is 0 Å². The minimum Gasteiger partial charge on any atom is -0.497 e. The SMILES string of the molecule is COc1cc(N)c(C2=CC(=O)c3ccccc3C2=O)c(OC)c1. The van der Waals surface area contributed by atoms with Gasteiger partial charge in [0.2, 0.25) is 0 Å². The van der Waals surface area contributed by atoms with Crippen molar-refractivity contribution in [2.45, 2.75) is 0 Å². The monoisotopic (exact) mass is 309 g/mol. The maximum Gasteiger partial charge on any atom is 0.194 e. The molecule has 0 saturated carbocycles. The second kappa shape index (κ2) is 5.61. The van der Waals surface area contributed by atoms with Crippen LogP contribution in [0, 0.1) is 0 Å². The fourth-order valence-electron chi connectivity index (χ4n) is 2.68. The van der Waals surface area contributed by atoms with Crippen LogP contribution in [0.4, 0.5) is 5.69 Å². The van der Waals surface area contributed by atoms with Crippen LogP contribution in [-0.4, -0.2) is 25.8 Å². The molecular weight excluding hydrogens is 294 g/mol. The number of rotatable bonds is 3. The van der Waals surface area contributed by atoms with Crippen LogP contribution >= 0.6 is 0 Å². The molecule has 0 aromatic heterocycles. The number of carbonyl (C=O) groups excluding carboxylic acids is 2. The second-order valence-corrected chi connectivity index (χ2v) is 5.09. The summed E-state index contributed by atoms with van der Waals surface area (Å²) in [6.45, 7) is 0. The molecule has 5 nitrogen and oxygen atoms in total. The number of fused-ring (bicyclic) bond motifs is 1. The minimum atomic E-state index is -0.254. The van der Waals surface area contributed by atoms with Crippen LogP contribution in [0.2, 0.25) is 0 Å². The third kappa shape index (κ3) is 2.36. The number of carbonyl (C=O) groups is 2. The first-order valence-electron chi connectivity index (χ1n) is 6.98. The summed E-state index contributed by atoms with van der Waals surface area (Å²) >= 11 is 0. The molecule has 0 saturated heterocycles. The molecule has 0 amide bonds. The van der Waals surface area contributed by atoms with Gasteiger partial charge < -0.3 is 15.2 Å². The van der Waals surface area contributed by atoms with Crippen LogP contribution < -0.4 is 15.2 Å². The summed E-state index contributed by atoms with van der Waals surface area (Å²) in [5.41, 5.74) is 7.78. The van der Waals surface area contributed by atoms with Crippen LogP contribution in [0.5, 0.6) is 11.5 Å².